The Kier molecular flexibility index (Phi) is 1.38. The van der Waals surface area contributed by atoms with Gasteiger partial charge in [0.15, 0.2) is 0 Å². The maximum atomic E-state index is 10.4. The van der Waals surface area contributed by atoms with Crippen LogP contribution in [0.4, 0.5) is 0 Å². The molecule has 1 fully saturated rings. The molecule has 9 heavy (non-hydrogen) atoms. The van der Waals surface area contributed by atoms with E-state index in [2.05, 4.69) is 9.47 Å². The predicted molar refractivity (Wildman–Crippen MR) is 26.3 cm³/mol. The third kappa shape index (κ3) is 1.42. The Morgan fingerprint density at radius 1 is 1.33 bits per heavy atom. The standard InChI is InChI=1S/C5H6O4/c1-3-8-4(6)2-5(7)9-3/h3H,2H2,1H3. The lowest BCUT2D eigenvalue weighted by Gasteiger charge is -2.17. The molecule has 0 saturated carbocycles. The van der Waals surface area contributed by atoms with Crippen molar-refractivity contribution in [3.05, 3.63) is 0 Å². The van der Waals surface area contributed by atoms with Crippen LogP contribution in [0.1, 0.15) is 13.3 Å². The lowest BCUT2D eigenvalue weighted by Crippen LogP contribution is -2.29. The van der Waals surface area contributed by atoms with E-state index in [0.29, 0.717) is 0 Å². The van der Waals surface area contributed by atoms with E-state index < -0.39 is 18.2 Å². The second kappa shape index (κ2) is 2.05. The third-order valence-corrected chi connectivity index (χ3v) is 0.883. The molecule has 1 aliphatic heterocycles. The Hall–Kier alpha value is -1.06. The molecule has 1 rings (SSSR count). The van der Waals surface area contributed by atoms with Crippen LogP contribution in [0.15, 0.2) is 0 Å². The van der Waals surface area contributed by atoms with Crippen molar-refractivity contribution in [3.8, 4) is 0 Å². The summed E-state index contributed by atoms with van der Waals surface area (Å²) in [6.45, 7) is 1.50. The Balaban J connectivity index is 2.53. The highest BCUT2D eigenvalue weighted by Crippen LogP contribution is 2.05. The molecule has 4 nitrogen and oxygen atoms in total. The minimum Gasteiger partial charge on any atom is -0.425 e. The number of ether oxygens (including phenoxy) is 2. The van der Waals surface area contributed by atoms with Crippen molar-refractivity contribution in [3.63, 3.8) is 0 Å². The van der Waals surface area contributed by atoms with E-state index >= 15 is 0 Å². The summed E-state index contributed by atoms with van der Waals surface area (Å²) in [5.41, 5.74) is 0. The van der Waals surface area contributed by atoms with E-state index in [0.717, 1.165) is 0 Å². The van der Waals surface area contributed by atoms with Crippen molar-refractivity contribution < 1.29 is 19.1 Å². The normalized spacial score (nSPS) is 21.0. The van der Waals surface area contributed by atoms with Crippen LogP contribution in [-0.4, -0.2) is 18.2 Å². The van der Waals surface area contributed by atoms with E-state index in [1.807, 2.05) is 0 Å². The molecule has 1 heterocycles. The van der Waals surface area contributed by atoms with Gasteiger partial charge in [0.05, 0.1) is 0 Å². The molecule has 0 aromatic heterocycles. The van der Waals surface area contributed by atoms with Crippen LogP contribution in [0.3, 0.4) is 0 Å². The molecule has 0 unspecified atom stereocenters. The molecule has 1 aliphatic rings. The van der Waals surface area contributed by atoms with E-state index in [-0.39, 0.29) is 6.42 Å². The fourth-order valence-electron chi connectivity index (χ4n) is 0.595. The molecule has 0 aromatic carbocycles. The van der Waals surface area contributed by atoms with Crippen LogP contribution < -0.4 is 0 Å². The van der Waals surface area contributed by atoms with Gasteiger partial charge in [0.2, 0.25) is 6.29 Å². The van der Waals surface area contributed by atoms with Crippen LogP contribution in [0.5, 0.6) is 0 Å². The fourth-order valence-corrected chi connectivity index (χ4v) is 0.595. The molecular weight excluding hydrogens is 124 g/mol. The Morgan fingerprint density at radius 2 is 1.78 bits per heavy atom. The summed E-state index contributed by atoms with van der Waals surface area (Å²) >= 11 is 0. The first-order chi connectivity index (χ1) is 4.18. The highest BCUT2D eigenvalue weighted by Gasteiger charge is 2.23. The fraction of sp³-hybridized carbons (Fsp3) is 0.600. The van der Waals surface area contributed by atoms with Gasteiger partial charge in [0.25, 0.3) is 0 Å². The number of hydrogen-bond acceptors (Lipinski definition) is 4. The molecular formula is C5H6O4. The molecule has 0 atom stereocenters. The van der Waals surface area contributed by atoms with E-state index in [1.165, 1.54) is 6.92 Å². The van der Waals surface area contributed by atoms with E-state index in [4.69, 9.17) is 0 Å². The largest absolute Gasteiger partial charge is 0.425 e. The van der Waals surface area contributed by atoms with E-state index in [9.17, 15) is 9.59 Å². The summed E-state index contributed by atoms with van der Waals surface area (Å²) in [7, 11) is 0. The minimum atomic E-state index is -0.709. The summed E-state index contributed by atoms with van der Waals surface area (Å²) in [4.78, 5) is 20.7. The van der Waals surface area contributed by atoms with Crippen LogP contribution in [-0.2, 0) is 19.1 Å². The SMILES string of the molecule is CC1OC(=O)CC(=O)O1. The number of esters is 2. The summed E-state index contributed by atoms with van der Waals surface area (Å²) in [6.07, 6.45) is -0.969. The molecule has 0 aromatic rings. The van der Waals surface area contributed by atoms with Gasteiger partial charge < -0.3 is 9.47 Å². The summed E-state index contributed by atoms with van der Waals surface area (Å²) < 4.78 is 8.95. The highest BCUT2D eigenvalue weighted by atomic mass is 16.7. The molecule has 0 amide bonds. The molecule has 0 bridgehead atoms. The van der Waals surface area contributed by atoms with Crippen molar-refractivity contribution in [2.24, 2.45) is 0 Å². The third-order valence-electron chi connectivity index (χ3n) is 0.883. The molecule has 50 valence electrons. The zero-order valence-corrected chi connectivity index (χ0v) is 4.92. The van der Waals surface area contributed by atoms with Gasteiger partial charge in [-0.1, -0.05) is 0 Å². The lowest BCUT2D eigenvalue weighted by atomic mass is 10.4. The summed E-state index contributed by atoms with van der Waals surface area (Å²) in [6, 6.07) is 0. The lowest BCUT2D eigenvalue weighted by molar-refractivity contribution is -0.199. The molecule has 4 heteroatoms. The van der Waals surface area contributed by atoms with Crippen molar-refractivity contribution in [2.45, 2.75) is 19.6 Å². The summed E-state index contributed by atoms with van der Waals surface area (Å²) in [5, 5.41) is 0. The number of cyclic esters (lactones) is 2. The van der Waals surface area contributed by atoms with Gasteiger partial charge in [-0.05, 0) is 0 Å². The van der Waals surface area contributed by atoms with Crippen LogP contribution in [0.25, 0.3) is 0 Å². The van der Waals surface area contributed by atoms with E-state index in [1.54, 1.807) is 0 Å². The quantitative estimate of drug-likeness (QED) is 0.337. The zero-order valence-electron chi connectivity index (χ0n) is 4.92. The van der Waals surface area contributed by atoms with Crippen LogP contribution in [0.2, 0.25) is 0 Å². The Labute approximate surface area is 51.7 Å². The van der Waals surface area contributed by atoms with Crippen molar-refractivity contribution in [1.82, 2.24) is 0 Å². The van der Waals surface area contributed by atoms with Gasteiger partial charge in [-0.25, -0.2) is 0 Å². The minimum absolute atomic E-state index is 0.260. The average molecular weight is 130 g/mol. The molecule has 0 aliphatic carbocycles. The second-order valence-electron chi connectivity index (χ2n) is 1.72. The first-order valence-corrected chi connectivity index (χ1v) is 2.57. The molecule has 1 saturated heterocycles. The number of carbonyl (C=O) groups excluding carboxylic acids is 2. The monoisotopic (exact) mass is 130 g/mol. The van der Waals surface area contributed by atoms with Crippen LogP contribution in [0, 0.1) is 0 Å². The topological polar surface area (TPSA) is 52.6 Å². The Morgan fingerprint density at radius 3 is 2.11 bits per heavy atom. The van der Waals surface area contributed by atoms with Crippen molar-refractivity contribution in [2.75, 3.05) is 0 Å². The predicted octanol–water partition coefficient (Wildman–Crippen LogP) is -0.177. The number of carbonyl (C=O) groups is 2. The maximum Gasteiger partial charge on any atom is 0.320 e. The smallest absolute Gasteiger partial charge is 0.320 e. The second-order valence-corrected chi connectivity index (χ2v) is 1.72. The van der Waals surface area contributed by atoms with Gasteiger partial charge in [0, 0.05) is 6.92 Å². The highest BCUT2D eigenvalue weighted by molar-refractivity contribution is 5.92. The van der Waals surface area contributed by atoms with Crippen molar-refractivity contribution >= 4 is 11.9 Å². The van der Waals surface area contributed by atoms with Gasteiger partial charge in [-0.3, -0.25) is 9.59 Å². The maximum absolute atomic E-state index is 10.4. The summed E-state index contributed by atoms with van der Waals surface area (Å²) in [5.74, 6) is -1.03. The first-order valence-electron chi connectivity index (χ1n) is 2.57. The molecule has 0 N–H and O–H groups in total. The average Bonchev–Trinajstić information content (AvgIpc) is 1.59. The van der Waals surface area contributed by atoms with Gasteiger partial charge in [0.1, 0.15) is 6.42 Å². The van der Waals surface area contributed by atoms with Gasteiger partial charge >= 0.3 is 11.9 Å². The number of rotatable bonds is 0. The Bertz CT molecular complexity index is 135. The van der Waals surface area contributed by atoms with Crippen molar-refractivity contribution in [1.29, 1.82) is 0 Å². The zero-order chi connectivity index (χ0) is 6.85. The van der Waals surface area contributed by atoms with Gasteiger partial charge in [-0.15, -0.1) is 0 Å². The molecule has 0 spiro atoms. The first kappa shape index (κ1) is 6.07. The van der Waals surface area contributed by atoms with Crippen LogP contribution >= 0.6 is 0 Å². The molecule has 0 radical (unpaired) electrons. The van der Waals surface area contributed by atoms with Gasteiger partial charge in [-0.2, -0.15) is 0 Å². The number of hydrogen-bond donors (Lipinski definition) is 0.